The second kappa shape index (κ2) is 10.9. The number of nitrogens with one attached hydrogen (secondary N) is 2. The summed E-state index contributed by atoms with van der Waals surface area (Å²) in [5.41, 5.74) is 3.94. The van der Waals surface area contributed by atoms with Crippen LogP contribution in [0.5, 0.6) is 0 Å². The first-order chi connectivity index (χ1) is 16.5. The van der Waals surface area contributed by atoms with Gasteiger partial charge in [0.15, 0.2) is 6.04 Å². The summed E-state index contributed by atoms with van der Waals surface area (Å²) in [5.74, 6) is -1.76. The van der Waals surface area contributed by atoms with Gasteiger partial charge in [-0.3, -0.25) is 4.79 Å². The number of hydrogen-bond donors (Lipinski definition) is 3. The Morgan fingerprint density at radius 3 is 2.00 bits per heavy atom. The molecule has 0 bridgehead atoms. The van der Waals surface area contributed by atoms with Crippen LogP contribution < -0.4 is 10.6 Å². The molecule has 2 amide bonds. The molecule has 8 nitrogen and oxygen atoms in total. The van der Waals surface area contributed by atoms with Crippen LogP contribution in [0.15, 0.2) is 48.5 Å². The Balaban J connectivity index is 1.52. The number of carboxylic acid groups (broad SMARTS) is 1. The molecule has 0 heterocycles. The quantitative estimate of drug-likeness (QED) is 0.496. The molecule has 35 heavy (non-hydrogen) atoms. The molecule has 0 saturated heterocycles. The Morgan fingerprint density at radius 2 is 1.49 bits per heavy atom. The third-order valence-corrected chi connectivity index (χ3v) is 5.79. The second-order valence-electron chi connectivity index (χ2n) is 9.89. The molecule has 3 N–H and O–H groups in total. The fraction of sp³-hybridized carbons (Fsp3) is 0.444. The van der Waals surface area contributed by atoms with E-state index in [1.165, 1.54) is 0 Å². The molecule has 2 aromatic rings. The fourth-order valence-corrected chi connectivity index (χ4v) is 4.41. The molecule has 188 valence electrons. The van der Waals surface area contributed by atoms with E-state index in [1.54, 1.807) is 13.8 Å². The van der Waals surface area contributed by atoms with Gasteiger partial charge in [0.25, 0.3) is 0 Å². The first-order valence-electron chi connectivity index (χ1n) is 11.8. The number of ether oxygens (including phenoxy) is 2. The number of carbonyl (C=O) groups is 3. The molecular weight excluding hydrogens is 448 g/mol. The highest BCUT2D eigenvalue weighted by atomic mass is 16.5. The van der Waals surface area contributed by atoms with E-state index in [0.717, 1.165) is 22.3 Å². The lowest BCUT2D eigenvalue weighted by molar-refractivity contribution is -0.150. The highest BCUT2D eigenvalue weighted by Gasteiger charge is 2.31. The smallest absolute Gasteiger partial charge is 0.407 e. The van der Waals surface area contributed by atoms with Crippen LogP contribution in [0.3, 0.4) is 0 Å². The van der Waals surface area contributed by atoms with E-state index >= 15 is 0 Å². The standard InChI is InChI=1S/C27H34N2O6/c1-16(14-23(30)29-24(25(31)32)17(2)35-27(3,4)5)28-26(33)34-15-22-20-12-8-6-10-18(20)19-11-7-9-13-21(19)22/h6-13,16-17,22,24H,14-15H2,1-5H3,(H,28,33)(H,29,30)(H,31,32)/t16-,17-,24+/m1/s1. The molecule has 0 fully saturated rings. The summed E-state index contributed by atoms with van der Waals surface area (Å²) in [6.45, 7) is 8.86. The zero-order valence-corrected chi connectivity index (χ0v) is 20.8. The summed E-state index contributed by atoms with van der Waals surface area (Å²) in [7, 11) is 0. The van der Waals surface area contributed by atoms with E-state index in [1.807, 2.05) is 57.2 Å². The number of benzene rings is 2. The maximum Gasteiger partial charge on any atom is 0.407 e. The van der Waals surface area contributed by atoms with Gasteiger partial charge >= 0.3 is 12.1 Å². The van der Waals surface area contributed by atoms with Crippen LogP contribution in [0.2, 0.25) is 0 Å². The zero-order chi connectivity index (χ0) is 25.8. The molecule has 0 aliphatic heterocycles. The van der Waals surface area contributed by atoms with Crippen molar-refractivity contribution in [3.05, 3.63) is 59.7 Å². The van der Waals surface area contributed by atoms with Crippen molar-refractivity contribution in [2.45, 2.75) is 70.7 Å². The molecule has 2 aromatic carbocycles. The van der Waals surface area contributed by atoms with Crippen molar-refractivity contribution in [2.75, 3.05) is 6.61 Å². The van der Waals surface area contributed by atoms with Crippen LogP contribution in [0, 0.1) is 0 Å². The van der Waals surface area contributed by atoms with E-state index in [0.29, 0.717) is 0 Å². The molecule has 3 atom stereocenters. The summed E-state index contributed by atoms with van der Waals surface area (Å²) in [5, 5.41) is 14.6. The Kier molecular flexibility index (Phi) is 8.17. The number of carboxylic acids is 1. The highest BCUT2D eigenvalue weighted by molar-refractivity contribution is 5.84. The Labute approximate surface area is 206 Å². The number of alkyl carbamates (subject to hydrolysis) is 1. The number of fused-ring (bicyclic) bond motifs is 3. The van der Waals surface area contributed by atoms with Crippen LogP contribution in [0.25, 0.3) is 11.1 Å². The number of amides is 2. The first-order valence-corrected chi connectivity index (χ1v) is 11.8. The number of rotatable bonds is 9. The Morgan fingerprint density at radius 1 is 0.943 bits per heavy atom. The number of hydrogen-bond acceptors (Lipinski definition) is 5. The van der Waals surface area contributed by atoms with Crippen LogP contribution >= 0.6 is 0 Å². The Bertz CT molecular complexity index is 1030. The average molecular weight is 483 g/mol. The van der Waals surface area contributed by atoms with Gasteiger partial charge in [-0.05, 0) is 56.9 Å². The molecule has 1 aliphatic carbocycles. The van der Waals surface area contributed by atoms with Gasteiger partial charge in [-0.1, -0.05) is 48.5 Å². The van der Waals surface area contributed by atoms with Crippen molar-refractivity contribution < 1.29 is 29.0 Å². The summed E-state index contributed by atoms with van der Waals surface area (Å²) in [4.78, 5) is 36.5. The molecule has 0 saturated carbocycles. The SMILES string of the molecule is C[C@H](CC(=O)N[C@H](C(=O)O)[C@@H](C)OC(C)(C)C)NC(=O)OCC1c2ccccc2-c2ccccc21. The van der Waals surface area contributed by atoms with Crippen molar-refractivity contribution in [3.63, 3.8) is 0 Å². The van der Waals surface area contributed by atoms with Gasteiger partial charge in [0, 0.05) is 18.4 Å². The second-order valence-corrected chi connectivity index (χ2v) is 9.89. The number of aliphatic carboxylic acids is 1. The molecule has 0 aromatic heterocycles. The summed E-state index contributed by atoms with van der Waals surface area (Å²) < 4.78 is 11.2. The third kappa shape index (κ3) is 6.82. The molecule has 0 spiro atoms. The minimum atomic E-state index is -1.21. The maximum absolute atomic E-state index is 12.4. The van der Waals surface area contributed by atoms with Gasteiger partial charge in [0.1, 0.15) is 6.61 Å². The monoisotopic (exact) mass is 482 g/mol. The Hall–Kier alpha value is -3.39. The van der Waals surface area contributed by atoms with Gasteiger partial charge < -0.3 is 25.2 Å². The van der Waals surface area contributed by atoms with Crippen molar-refractivity contribution >= 4 is 18.0 Å². The van der Waals surface area contributed by atoms with Crippen LogP contribution in [0.1, 0.15) is 58.1 Å². The van der Waals surface area contributed by atoms with E-state index < -0.39 is 41.8 Å². The first kappa shape index (κ1) is 26.2. The lowest BCUT2D eigenvalue weighted by Crippen LogP contribution is -2.51. The molecule has 0 radical (unpaired) electrons. The lowest BCUT2D eigenvalue weighted by Gasteiger charge is -2.29. The van der Waals surface area contributed by atoms with Gasteiger partial charge in [-0.15, -0.1) is 0 Å². The van der Waals surface area contributed by atoms with E-state index in [9.17, 15) is 19.5 Å². The summed E-state index contributed by atoms with van der Waals surface area (Å²) in [6, 6.07) is 14.4. The van der Waals surface area contributed by atoms with Gasteiger partial charge in [-0.2, -0.15) is 0 Å². The molecule has 1 aliphatic rings. The highest BCUT2D eigenvalue weighted by Crippen LogP contribution is 2.44. The molecule has 8 heteroatoms. The minimum absolute atomic E-state index is 0.0626. The molecular formula is C27H34N2O6. The van der Waals surface area contributed by atoms with Crippen molar-refractivity contribution in [2.24, 2.45) is 0 Å². The largest absolute Gasteiger partial charge is 0.480 e. The van der Waals surface area contributed by atoms with E-state index in [2.05, 4.69) is 22.8 Å². The van der Waals surface area contributed by atoms with Crippen LogP contribution in [-0.2, 0) is 19.1 Å². The summed E-state index contributed by atoms with van der Waals surface area (Å²) in [6.07, 6.45) is -1.47. The maximum atomic E-state index is 12.4. The minimum Gasteiger partial charge on any atom is -0.480 e. The predicted octanol–water partition coefficient (Wildman–Crippen LogP) is 4.08. The van der Waals surface area contributed by atoms with Gasteiger partial charge in [0.05, 0.1) is 11.7 Å². The van der Waals surface area contributed by atoms with Crippen LogP contribution in [0.4, 0.5) is 4.79 Å². The van der Waals surface area contributed by atoms with Crippen molar-refractivity contribution in [1.29, 1.82) is 0 Å². The topological polar surface area (TPSA) is 114 Å². The lowest BCUT2D eigenvalue weighted by atomic mass is 9.98. The van der Waals surface area contributed by atoms with E-state index in [-0.39, 0.29) is 18.9 Å². The van der Waals surface area contributed by atoms with Gasteiger partial charge in [-0.25, -0.2) is 9.59 Å². The third-order valence-electron chi connectivity index (χ3n) is 5.79. The van der Waals surface area contributed by atoms with Crippen molar-refractivity contribution in [3.8, 4) is 11.1 Å². The van der Waals surface area contributed by atoms with E-state index in [4.69, 9.17) is 9.47 Å². The number of carbonyl (C=O) groups excluding carboxylic acids is 2. The molecule has 0 unspecified atom stereocenters. The average Bonchev–Trinajstić information content (AvgIpc) is 3.08. The van der Waals surface area contributed by atoms with Gasteiger partial charge in [0.2, 0.25) is 5.91 Å². The molecule has 3 rings (SSSR count). The van der Waals surface area contributed by atoms with Crippen LogP contribution in [-0.4, -0.2) is 53.5 Å². The fourth-order valence-electron chi connectivity index (χ4n) is 4.41. The normalized spacial score (nSPS) is 15.3. The summed E-state index contributed by atoms with van der Waals surface area (Å²) >= 11 is 0. The van der Waals surface area contributed by atoms with Crippen molar-refractivity contribution in [1.82, 2.24) is 10.6 Å². The zero-order valence-electron chi connectivity index (χ0n) is 20.8. The predicted molar refractivity (Wildman–Crippen MR) is 132 cm³/mol.